The molecular weight excluding hydrogens is 342 g/mol. The Labute approximate surface area is 161 Å². The number of aliphatic hydroxyl groups is 1. The number of nitrogens with one attached hydrogen (secondary N) is 1. The van der Waals surface area contributed by atoms with Crippen LogP contribution in [0.2, 0.25) is 0 Å². The van der Waals surface area contributed by atoms with Crippen molar-refractivity contribution in [2.75, 3.05) is 32.7 Å². The van der Waals surface area contributed by atoms with Crippen molar-refractivity contribution in [2.24, 2.45) is 0 Å². The highest BCUT2D eigenvalue weighted by Crippen LogP contribution is 2.26. The fraction of sp³-hybridized carbons (Fsp3) is 0.619. The maximum atomic E-state index is 13.0. The van der Waals surface area contributed by atoms with Crippen LogP contribution in [0, 0.1) is 0 Å². The summed E-state index contributed by atoms with van der Waals surface area (Å²) in [5.41, 5.74) is 1.01. The van der Waals surface area contributed by atoms with Crippen LogP contribution in [0.3, 0.4) is 0 Å². The lowest BCUT2D eigenvalue weighted by Gasteiger charge is -2.40. The fourth-order valence-electron chi connectivity index (χ4n) is 3.93. The topological polar surface area (TPSA) is 72.9 Å². The molecule has 3 rings (SSSR count). The number of benzene rings is 1. The molecule has 2 saturated heterocycles. The van der Waals surface area contributed by atoms with E-state index in [9.17, 15) is 14.7 Å². The Balaban J connectivity index is 1.64. The van der Waals surface area contributed by atoms with Crippen LogP contribution in [0.4, 0.5) is 0 Å². The second kappa shape index (κ2) is 8.40. The number of hydrogen-bond donors (Lipinski definition) is 2. The molecule has 0 saturated carbocycles. The number of carbonyl (C=O) groups excluding carboxylic acids is 2. The van der Waals surface area contributed by atoms with E-state index in [4.69, 9.17) is 0 Å². The molecule has 1 aromatic rings. The maximum absolute atomic E-state index is 13.0. The van der Waals surface area contributed by atoms with Crippen molar-refractivity contribution in [1.82, 2.24) is 15.1 Å². The summed E-state index contributed by atoms with van der Waals surface area (Å²) in [6.07, 6.45) is 1.68. The minimum atomic E-state index is -1.36. The molecule has 2 amide bonds. The van der Waals surface area contributed by atoms with Crippen LogP contribution >= 0.6 is 0 Å². The van der Waals surface area contributed by atoms with E-state index in [-0.39, 0.29) is 11.8 Å². The van der Waals surface area contributed by atoms with E-state index >= 15 is 0 Å². The van der Waals surface area contributed by atoms with Crippen molar-refractivity contribution in [3.63, 3.8) is 0 Å². The monoisotopic (exact) mass is 373 g/mol. The van der Waals surface area contributed by atoms with Crippen LogP contribution in [0.15, 0.2) is 24.3 Å². The number of carbonyl (C=O) groups is 2. The lowest BCUT2D eigenvalue weighted by molar-refractivity contribution is -0.160. The first-order valence-electron chi connectivity index (χ1n) is 9.97. The van der Waals surface area contributed by atoms with Crippen LogP contribution in [-0.2, 0) is 16.1 Å². The van der Waals surface area contributed by atoms with E-state index in [0.29, 0.717) is 58.0 Å². The van der Waals surface area contributed by atoms with Gasteiger partial charge in [-0.25, -0.2) is 0 Å². The molecule has 27 heavy (non-hydrogen) atoms. The van der Waals surface area contributed by atoms with Crippen molar-refractivity contribution in [1.29, 1.82) is 0 Å². The zero-order valence-electron chi connectivity index (χ0n) is 16.4. The fourth-order valence-corrected chi connectivity index (χ4v) is 3.93. The van der Waals surface area contributed by atoms with Gasteiger partial charge in [-0.15, -0.1) is 0 Å². The Bertz CT molecular complexity index is 674. The van der Waals surface area contributed by atoms with Gasteiger partial charge in [0, 0.05) is 45.7 Å². The van der Waals surface area contributed by atoms with E-state index in [1.54, 1.807) is 4.90 Å². The van der Waals surface area contributed by atoms with E-state index < -0.39 is 5.60 Å². The van der Waals surface area contributed by atoms with Crippen LogP contribution in [-0.4, -0.2) is 65.0 Å². The molecule has 2 N–H and O–H groups in total. The van der Waals surface area contributed by atoms with Crippen LogP contribution < -0.4 is 5.32 Å². The van der Waals surface area contributed by atoms with Gasteiger partial charge in [0.2, 0.25) is 5.91 Å². The smallest absolute Gasteiger partial charge is 0.256 e. The second-order valence-corrected chi connectivity index (χ2v) is 8.13. The molecule has 0 bridgehead atoms. The predicted octanol–water partition coefficient (Wildman–Crippen LogP) is 1.49. The Morgan fingerprint density at radius 1 is 1.15 bits per heavy atom. The standard InChI is InChI=1S/C21H31N3O3/c1-16(2)18-6-4-17(5-7-18)14-24-11-3-9-21(27,20(24)26)15-23-12-8-19(25)22-10-13-23/h4-7,16,27H,3,8-15H2,1-2H3,(H,22,25)/t21-/m0/s1. The van der Waals surface area contributed by atoms with Gasteiger partial charge in [0.25, 0.3) is 5.91 Å². The Hall–Kier alpha value is -1.92. The van der Waals surface area contributed by atoms with Gasteiger partial charge in [-0.3, -0.25) is 14.5 Å². The van der Waals surface area contributed by atoms with Gasteiger partial charge >= 0.3 is 0 Å². The molecule has 0 spiro atoms. The summed E-state index contributed by atoms with van der Waals surface area (Å²) in [5, 5.41) is 13.9. The van der Waals surface area contributed by atoms with Crippen molar-refractivity contribution in [3.8, 4) is 0 Å². The molecule has 1 aromatic carbocycles. The van der Waals surface area contributed by atoms with Crippen LogP contribution in [0.25, 0.3) is 0 Å². The molecule has 0 unspecified atom stereocenters. The highest BCUT2D eigenvalue weighted by molar-refractivity contribution is 5.86. The van der Waals surface area contributed by atoms with Gasteiger partial charge in [0.15, 0.2) is 5.60 Å². The van der Waals surface area contributed by atoms with Gasteiger partial charge < -0.3 is 15.3 Å². The van der Waals surface area contributed by atoms with E-state index in [2.05, 4.69) is 43.4 Å². The molecule has 2 fully saturated rings. The second-order valence-electron chi connectivity index (χ2n) is 8.13. The third-order valence-corrected chi connectivity index (χ3v) is 5.61. The molecule has 1 atom stereocenters. The molecule has 148 valence electrons. The summed E-state index contributed by atoms with van der Waals surface area (Å²) < 4.78 is 0. The maximum Gasteiger partial charge on any atom is 0.256 e. The zero-order chi connectivity index (χ0) is 19.4. The van der Waals surface area contributed by atoms with E-state index in [1.165, 1.54) is 5.56 Å². The molecule has 0 radical (unpaired) electrons. The quantitative estimate of drug-likeness (QED) is 0.820. The highest BCUT2D eigenvalue weighted by atomic mass is 16.3. The first-order chi connectivity index (χ1) is 12.9. The molecule has 6 nitrogen and oxygen atoms in total. The number of nitrogens with zero attached hydrogens (tertiary/aromatic N) is 2. The normalized spacial score (nSPS) is 24.8. The third-order valence-electron chi connectivity index (χ3n) is 5.61. The summed E-state index contributed by atoms with van der Waals surface area (Å²) in [7, 11) is 0. The number of hydrogen-bond acceptors (Lipinski definition) is 4. The van der Waals surface area contributed by atoms with E-state index in [0.717, 1.165) is 12.0 Å². The molecule has 2 heterocycles. The van der Waals surface area contributed by atoms with Gasteiger partial charge in [-0.2, -0.15) is 0 Å². The molecule has 0 aromatic heterocycles. The Morgan fingerprint density at radius 3 is 2.59 bits per heavy atom. The summed E-state index contributed by atoms with van der Waals surface area (Å²) in [6, 6.07) is 8.37. The lowest BCUT2D eigenvalue weighted by atomic mass is 9.90. The largest absolute Gasteiger partial charge is 0.379 e. The minimum absolute atomic E-state index is 0.0333. The number of β-amino-alcohol motifs (C(OH)–C–C–N with tert-alkyl or cyclic N) is 1. The third kappa shape index (κ3) is 4.87. The zero-order valence-corrected chi connectivity index (χ0v) is 16.4. The SMILES string of the molecule is CC(C)c1ccc(CN2CCC[C@](O)(CN3CCNC(=O)CC3)C2=O)cc1. The lowest BCUT2D eigenvalue weighted by Crippen LogP contribution is -2.58. The van der Waals surface area contributed by atoms with Crippen LogP contribution in [0.5, 0.6) is 0 Å². The minimum Gasteiger partial charge on any atom is -0.379 e. The average molecular weight is 373 g/mol. The Kier molecular flexibility index (Phi) is 6.17. The predicted molar refractivity (Wildman–Crippen MR) is 104 cm³/mol. The number of likely N-dealkylation sites (tertiary alicyclic amines) is 1. The molecule has 2 aliphatic heterocycles. The van der Waals surface area contributed by atoms with Gasteiger partial charge in [0.1, 0.15) is 0 Å². The number of amides is 2. The van der Waals surface area contributed by atoms with Crippen molar-refractivity contribution >= 4 is 11.8 Å². The summed E-state index contributed by atoms with van der Waals surface area (Å²) in [4.78, 5) is 28.3. The summed E-state index contributed by atoms with van der Waals surface area (Å²) in [5.74, 6) is 0.326. The summed E-state index contributed by atoms with van der Waals surface area (Å²) in [6.45, 7) is 7.63. The van der Waals surface area contributed by atoms with Crippen molar-refractivity contribution in [3.05, 3.63) is 35.4 Å². The first-order valence-corrected chi connectivity index (χ1v) is 9.97. The number of rotatable bonds is 5. The van der Waals surface area contributed by atoms with Gasteiger partial charge in [0.05, 0.1) is 0 Å². The first kappa shape index (κ1) is 19.8. The molecule has 6 heteroatoms. The number of piperidine rings is 1. The van der Waals surface area contributed by atoms with Crippen molar-refractivity contribution in [2.45, 2.75) is 51.2 Å². The highest BCUT2D eigenvalue weighted by Gasteiger charge is 2.43. The average Bonchev–Trinajstić information content (AvgIpc) is 2.84. The van der Waals surface area contributed by atoms with Gasteiger partial charge in [-0.05, 0) is 29.9 Å². The molecular formula is C21H31N3O3. The molecule has 2 aliphatic rings. The summed E-state index contributed by atoms with van der Waals surface area (Å²) >= 11 is 0. The van der Waals surface area contributed by atoms with E-state index in [1.807, 2.05) is 4.90 Å². The van der Waals surface area contributed by atoms with Gasteiger partial charge in [-0.1, -0.05) is 38.1 Å². The molecule has 0 aliphatic carbocycles. The van der Waals surface area contributed by atoms with Crippen molar-refractivity contribution < 1.29 is 14.7 Å². The Morgan fingerprint density at radius 2 is 1.89 bits per heavy atom. The van der Waals surface area contributed by atoms with Crippen LogP contribution in [0.1, 0.15) is 50.2 Å².